The van der Waals surface area contributed by atoms with E-state index in [1.54, 1.807) is 0 Å². The molecule has 1 atom stereocenters. The molecule has 0 aliphatic heterocycles. The number of hydrogen-bond donors (Lipinski definition) is 0. The van der Waals surface area contributed by atoms with Gasteiger partial charge in [-0.25, -0.2) is 0 Å². The van der Waals surface area contributed by atoms with E-state index in [9.17, 15) is 14.4 Å². The molecule has 0 heterocycles. The molecule has 0 N–H and O–H groups in total. The smallest absolute Gasteiger partial charge is 0.306 e. The predicted octanol–water partition coefficient (Wildman–Crippen LogP) is 19.5. The molecule has 406 valence electrons. The first-order valence-electron chi connectivity index (χ1n) is 28.6. The zero-order valence-electron chi connectivity index (χ0n) is 46.3. The van der Waals surface area contributed by atoms with Crippen molar-refractivity contribution in [3.05, 3.63) is 170 Å². The molecule has 0 bridgehead atoms. The summed E-state index contributed by atoms with van der Waals surface area (Å²) >= 11 is 0. The maximum Gasteiger partial charge on any atom is 0.306 e. The van der Waals surface area contributed by atoms with E-state index in [1.807, 2.05) is 12.2 Å². The highest BCUT2D eigenvalue weighted by molar-refractivity contribution is 5.71. The van der Waals surface area contributed by atoms with Crippen LogP contribution in [-0.4, -0.2) is 37.2 Å². The summed E-state index contributed by atoms with van der Waals surface area (Å²) in [4.78, 5) is 38.1. The SMILES string of the molecule is CC/C=C\C/C=C\C/C=C\C/C=C\C/C=C\CCCCCC(=O)O[C@H](COC(=O)CC/C=C\C/C=C\C/C=C\C/C=C\C/C=C\CCCCC)COC(=O)CCC/C=C\C/C=C\C/C=C\C/C=C\CCCCC. The Balaban J connectivity index is 4.69. The van der Waals surface area contributed by atoms with Crippen LogP contribution in [0.2, 0.25) is 0 Å². The van der Waals surface area contributed by atoms with Gasteiger partial charge in [0.1, 0.15) is 13.2 Å². The fourth-order valence-corrected chi connectivity index (χ4v) is 6.91. The molecule has 0 aromatic rings. The zero-order valence-corrected chi connectivity index (χ0v) is 46.3. The Kier molecular flexibility index (Phi) is 55.1. The second-order valence-corrected chi connectivity index (χ2v) is 18.1. The molecule has 0 unspecified atom stereocenters. The fourth-order valence-electron chi connectivity index (χ4n) is 6.91. The summed E-state index contributed by atoms with van der Waals surface area (Å²) in [6.07, 6.45) is 87.8. The quantitative estimate of drug-likeness (QED) is 0.0261. The second-order valence-electron chi connectivity index (χ2n) is 18.1. The van der Waals surface area contributed by atoms with Crippen LogP contribution in [0.4, 0.5) is 0 Å². The molecule has 6 nitrogen and oxygen atoms in total. The standard InChI is InChI=1S/C67H102O6/c1-4-7-10-13-16-19-22-25-28-31-33-36-39-42-45-48-51-54-57-60-66(69)72-63-64(62-71-65(68)59-56-53-50-47-44-41-38-35-30-27-24-21-18-15-12-9-6-3)73-67(70)61-58-55-52-49-46-43-40-37-34-32-29-26-23-20-17-14-11-8-5-2/h8,11,16-21,25-30,33-34,36-38,41-43,45-47,50-51,54,64H,4-7,9-10,12-15,22-24,31-32,35,39-40,44,48-49,52-53,55-63H2,1-3H3/b11-8-,19-16-,20-17-,21-18-,28-25-,29-26-,30-27-,36-33-,37-34-,41-38-,45-42-,46-43-,50-47-,54-51-/t64-/m0/s1. The lowest BCUT2D eigenvalue weighted by atomic mass is 10.1. The van der Waals surface area contributed by atoms with Crippen LogP contribution in [-0.2, 0) is 28.6 Å². The summed E-state index contributed by atoms with van der Waals surface area (Å²) in [6, 6.07) is 0. The maximum absolute atomic E-state index is 12.9. The van der Waals surface area contributed by atoms with Crippen molar-refractivity contribution in [3.63, 3.8) is 0 Å². The first-order chi connectivity index (χ1) is 36.0. The molecule has 0 aromatic carbocycles. The molecular formula is C67H102O6. The fraction of sp³-hybridized carbons (Fsp3) is 0.537. The number of rotatable bonds is 49. The van der Waals surface area contributed by atoms with Crippen molar-refractivity contribution in [1.82, 2.24) is 0 Å². The van der Waals surface area contributed by atoms with Gasteiger partial charge in [-0.2, -0.15) is 0 Å². The molecule has 73 heavy (non-hydrogen) atoms. The lowest BCUT2D eigenvalue weighted by Crippen LogP contribution is -2.30. The van der Waals surface area contributed by atoms with E-state index in [0.717, 1.165) is 103 Å². The molecule has 0 aromatic heterocycles. The average Bonchev–Trinajstić information content (AvgIpc) is 3.39. The molecular weight excluding hydrogens is 901 g/mol. The largest absolute Gasteiger partial charge is 0.462 e. The third-order valence-electron chi connectivity index (χ3n) is 11.2. The van der Waals surface area contributed by atoms with Gasteiger partial charge in [0.15, 0.2) is 6.10 Å². The minimum absolute atomic E-state index is 0.152. The summed E-state index contributed by atoms with van der Waals surface area (Å²) in [7, 11) is 0. The van der Waals surface area contributed by atoms with Crippen LogP contribution in [0.3, 0.4) is 0 Å². The van der Waals surface area contributed by atoms with Gasteiger partial charge < -0.3 is 14.2 Å². The highest BCUT2D eigenvalue weighted by Gasteiger charge is 2.19. The highest BCUT2D eigenvalue weighted by atomic mass is 16.6. The number of hydrogen-bond acceptors (Lipinski definition) is 6. The normalized spacial score (nSPS) is 13.4. The number of ether oxygens (including phenoxy) is 3. The lowest BCUT2D eigenvalue weighted by molar-refractivity contribution is -0.166. The molecule has 0 aliphatic rings. The Morgan fingerprint density at radius 3 is 0.932 bits per heavy atom. The Bertz CT molecular complexity index is 1720. The third-order valence-corrected chi connectivity index (χ3v) is 11.2. The molecule has 0 aliphatic carbocycles. The summed E-state index contributed by atoms with van der Waals surface area (Å²) < 4.78 is 16.7. The zero-order chi connectivity index (χ0) is 52.9. The number of allylic oxidation sites excluding steroid dienone is 28. The van der Waals surface area contributed by atoms with Crippen LogP contribution in [0.1, 0.15) is 213 Å². The van der Waals surface area contributed by atoms with Gasteiger partial charge in [0.2, 0.25) is 0 Å². The summed E-state index contributed by atoms with van der Waals surface area (Å²) in [5.41, 5.74) is 0. The van der Waals surface area contributed by atoms with E-state index in [2.05, 4.69) is 179 Å². The Morgan fingerprint density at radius 2 is 0.575 bits per heavy atom. The number of unbranched alkanes of at least 4 members (excludes halogenated alkanes) is 10. The molecule has 0 saturated heterocycles. The molecule has 0 rings (SSSR count). The van der Waals surface area contributed by atoms with Crippen molar-refractivity contribution >= 4 is 17.9 Å². The van der Waals surface area contributed by atoms with Gasteiger partial charge in [-0.15, -0.1) is 0 Å². The molecule has 0 fully saturated rings. The third kappa shape index (κ3) is 57.5. The Morgan fingerprint density at radius 1 is 0.288 bits per heavy atom. The summed E-state index contributed by atoms with van der Waals surface area (Å²) in [6.45, 7) is 6.31. The summed E-state index contributed by atoms with van der Waals surface area (Å²) in [5.74, 6) is -1.13. The van der Waals surface area contributed by atoms with Crippen LogP contribution in [0, 0.1) is 0 Å². The monoisotopic (exact) mass is 1000 g/mol. The minimum Gasteiger partial charge on any atom is -0.462 e. The van der Waals surface area contributed by atoms with Gasteiger partial charge in [-0.1, -0.05) is 223 Å². The van der Waals surface area contributed by atoms with E-state index < -0.39 is 6.10 Å². The van der Waals surface area contributed by atoms with Crippen LogP contribution in [0.25, 0.3) is 0 Å². The second kappa shape index (κ2) is 59.3. The first-order valence-corrected chi connectivity index (χ1v) is 28.6. The predicted molar refractivity (Wildman–Crippen MR) is 315 cm³/mol. The van der Waals surface area contributed by atoms with Crippen LogP contribution < -0.4 is 0 Å². The number of carbonyl (C=O) groups excluding carboxylic acids is 3. The Labute approximate surface area is 447 Å². The average molecular weight is 1000 g/mol. The maximum atomic E-state index is 12.9. The van der Waals surface area contributed by atoms with Gasteiger partial charge >= 0.3 is 17.9 Å². The Hall–Kier alpha value is -5.23. The topological polar surface area (TPSA) is 78.9 Å². The van der Waals surface area contributed by atoms with Gasteiger partial charge in [0.25, 0.3) is 0 Å². The van der Waals surface area contributed by atoms with Crippen molar-refractivity contribution in [2.24, 2.45) is 0 Å². The van der Waals surface area contributed by atoms with Gasteiger partial charge in [0, 0.05) is 19.3 Å². The molecule has 0 spiro atoms. The van der Waals surface area contributed by atoms with Gasteiger partial charge in [-0.05, 0) is 141 Å². The first kappa shape index (κ1) is 67.8. The summed E-state index contributed by atoms with van der Waals surface area (Å²) in [5, 5.41) is 0. The molecule has 0 amide bonds. The van der Waals surface area contributed by atoms with Gasteiger partial charge in [-0.3, -0.25) is 14.4 Å². The van der Waals surface area contributed by atoms with E-state index in [1.165, 1.54) is 51.4 Å². The van der Waals surface area contributed by atoms with Crippen molar-refractivity contribution in [2.45, 2.75) is 219 Å². The number of esters is 3. The molecule has 6 heteroatoms. The van der Waals surface area contributed by atoms with Crippen LogP contribution in [0.5, 0.6) is 0 Å². The van der Waals surface area contributed by atoms with Crippen molar-refractivity contribution in [3.8, 4) is 0 Å². The van der Waals surface area contributed by atoms with Crippen LogP contribution >= 0.6 is 0 Å². The highest BCUT2D eigenvalue weighted by Crippen LogP contribution is 2.10. The van der Waals surface area contributed by atoms with E-state index >= 15 is 0 Å². The van der Waals surface area contributed by atoms with Crippen LogP contribution in [0.15, 0.2) is 170 Å². The van der Waals surface area contributed by atoms with Crippen molar-refractivity contribution in [1.29, 1.82) is 0 Å². The van der Waals surface area contributed by atoms with Gasteiger partial charge in [0.05, 0.1) is 0 Å². The lowest BCUT2D eigenvalue weighted by Gasteiger charge is -2.18. The van der Waals surface area contributed by atoms with E-state index in [-0.39, 0.29) is 50.4 Å². The molecule has 0 radical (unpaired) electrons. The van der Waals surface area contributed by atoms with Crippen molar-refractivity contribution in [2.75, 3.05) is 13.2 Å². The molecule has 0 saturated carbocycles. The minimum atomic E-state index is -0.858. The van der Waals surface area contributed by atoms with E-state index in [0.29, 0.717) is 19.3 Å². The number of carbonyl (C=O) groups is 3. The van der Waals surface area contributed by atoms with E-state index in [4.69, 9.17) is 14.2 Å². The van der Waals surface area contributed by atoms with Crippen molar-refractivity contribution < 1.29 is 28.6 Å².